The third kappa shape index (κ3) is 4.67. The molecule has 4 heteroatoms. The first-order valence-corrected chi connectivity index (χ1v) is 6.56. The highest BCUT2D eigenvalue weighted by atomic mass is 32.2. The van der Waals surface area contributed by atoms with Crippen molar-refractivity contribution >= 4 is 29.1 Å². The Morgan fingerprint density at radius 3 is 3.14 bits per heavy atom. The van der Waals surface area contributed by atoms with Crippen molar-refractivity contribution in [2.45, 2.75) is 24.7 Å². The normalized spacial score (nSPS) is 10.1. The molecular formula is C10H14O2S2. The van der Waals surface area contributed by atoms with Gasteiger partial charge in [-0.15, -0.1) is 11.8 Å². The van der Waals surface area contributed by atoms with E-state index in [1.165, 1.54) is 4.90 Å². The second-order valence-corrected chi connectivity index (χ2v) is 4.66. The van der Waals surface area contributed by atoms with Crippen molar-refractivity contribution in [1.82, 2.24) is 0 Å². The highest BCUT2D eigenvalue weighted by Gasteiger charge is 2.01. The van der Waals surface area contributed by atoms with E-state index >= 15 is 0 Å². The quantitative estimate of drug-likeness (QED) is 0.426. The molecule has 0 aromatic carbocycles. The molecule has 0 fully saturated rings. The molecule has 0 spiro atoms. The number of rotatable bonds is 6. The summed E-state index contributed by atoms with van der Waals surface area (Å²) in [5.74, 6) is 0.897. The number of thioether (sulfide) groups is 1. The summed E-state index contributed by atoms with van der Waals surface area (Å²) in [6, 6.07) is 2.10. The summed E-state index contributed by atoms with van der Waals surface area (Å²) in [5, 5.41) is 4.18. The molecule has 0 radical (unpaired) electrons. The van der Waals surface area contributed by atoms with E-state index in [-0.39, 0.29) is 5.97 Å². The molecule has 1 heterocycles. The number of carbonyl (C=O) groups is 1. The van der Waals surface area contributed by atoms with Crippen molar-refractivity contribution in [2.75, 3.05) is 12.4 Å². The molecule has 0 unspecified atom stereocenters. The second-order valence-electron chi connectivity index (χ2n) is 2.72. The molecule has 78 valence electrons. The Balaban J connectivity index is 2.02. The molecule has 0 saturated carbocycles. The maximum Gasteiger partial charge on any atom is 0.305 e. The molecule has 0 N–H and O–H groups in total. The monoisotopic (exact) mass is 230 g/mol. The lowest BCUT2D eigenvalue weighted by molar-refractivity contribution is -0.143. The van der Waals surface area contributed by atoms with Crippen molar-refractivity contribution in [2.24, 2.45) is 0 Å². The molecule has 1 aromatic rings. The predicted molar refractivity (Wildman–Crippen MR) is 60.9 cm³/mol. The highest BCUT2D eigenvalue weighted by Crippen LogP contribution is 2.21. The smallest absolute Gasteiger partial charge is 0.305 e. The van der Waals surface area contributed by atoms with Crippen molar-refractivity contribution in [3.05, 3.63) is 16.8 Å². The minimum atomic E-state index is -0.0848. The molecule has 0 atom stereocenters. The van der Waals surface area contributed by atoms with Crippen LogP contribution in [0.3, 0.4) is 0 Å². The second kappa shape index (κ2) is 6.90. The molecule has 0 saturated heterocycles. The third-order valence-electron chi connectivity index (χ3n) is 1.59. The van der Waals surface area contributed by atoms with E-state index in [0.717, 1.165) is 12.2 Å². The van der Waals surface area contributed by atoms with Crippen LogP contribution < -0.4 is 0 Å². The van der Waals surface area contributed by atoms with Crippen LogP contribution in [0.1, 0.15) is 19.8 Å². The van der Waals surface area contributed by atoms with Gasteiger partial charge in [0, 0.05) is 16.7 Å². The fourth-order valence-corrected chi connectivity index (χ4v) is 2.70. The van der Waals surface area contributed by atoms with Crippen LogP contribution in [0.15, 0.2) is 21.7 Å². The van der Waals surface area contributed by atoms with Crippen molar-refractivity contribution in [3.63, 3.8) is 0 Å². The lowest BCUT2D eigenvalue weighted by Gasteiger charge is -2.00. The maximum absolute atomic E-state index is 11.0. The van der Waals surface area contributed by atoms with E-state index < -0.39 is 0 Å². The van der Waals surface area contributed by atoms with Crippen LogP contribution in [-0.2, 0) is 9.53 Å². The van der Waals surface area contributed by atoms with Gasteiger partial charge in [0.15, 0.2) is 0 Å². The van der Waals surface area contributed by atoms with Gasteiger partial charge in [0.05, 0.1) is 6.61 Å². The molecular weight excluding hydrogens is 216 g/mol. The number of carbonyl (C=O) groups excluding carboxylic acids is 1. The molecule has 1 aromatic heterocycles. The molecule has 0 aliphatic heterocycles. The van der Waals surface area contributed by atoms with Gasteiger partial charge in [-0.25, -0.2) is 0 Å². The molecule has 14 heavy (non-hydrogen) atoms. The van der Waals surface area contributed by atoms with Crippen LogP contribution in [0.25, 0.3) is 0 Å². The Morgan fingerprint density at radius 1 is 1.64 bits per heavy atom. The van der Waals surface area contributed by atoms with Crippen LogP contribution in [0.2, 0.25) is 0 Å². The Hall–Kier alpha value is -0.480. The van der Waals surface area contributed by atoms with Crippen molar-refractivity contribution in [3.8, 4) is 0 Å². The number of ether oxygens (including phenoxy) is 1. The van der Waals surface area contributed by atoms with E-state index in [0.29, 0.717) is 13.0 Å². The van der Waals surface area contributed by atoms with E-state index in [1.807, 2.05) is 6.92 Å². The lowest BCUT2D eigenvalue weighted by atomic mass is 10.3. The third-order valence-corrected chi connectivity index (χ3v) is 3.51. The van der Waals surface area contributed by atoms with Gasteiger partial charge < -0.3 is 4.74 Å². The van der Waals surface area contributed by atoms with Gasteiger partial charge in [0.2, 0.25) is 0 Å². The molecule has 0 amide bonds. The van der Waals surface area contributed by atoms with E-state index in [9.17, 15) is 4.79 Å². The first kappa shape index (κ1) is 11.6. The van der Waals surface area contributed by atoms with Gasteiger partial charge in [0.1, 0.15) is 0 Å². The van der Waals surface area contributed by atoms with Crippen LogP contribution in [0, 0.1) is 0 Å². The van der Waals surface area contributed by atoms with Gasteiger partial charge in [-0.3, -0.25) is 4.79 Å². The molecule has 2 nitrogen and oxygen atoms in total. The number of hydrogen-bond acceptors (Lipinski definition) is 4. The number of thiophene rings is 1. The van der Waals surface area contributed by atoms with Crippen LogP contribution in [0.5, 0.6) is 0 Å². The van der Waals surface area contributed by atoms with E-state index in [4.69, 9.17) is 4.74 Å². The minimum absolute atomic E-state index is 0.0848. The lowest BCUT2D eigenvalue weighted by Crippen LogP contribution is -2.03. The molecule has 0 aliphatic rings. The SMILES string of the molecule is CCOC(=O)CCCSc1ccsc1. The zero-order valence-electron chi connectivity index (χ0n) is 8.19. The van der Waals surface area contributed by atoms with E-state index in [1.54, 1.807) is 23.1 Å². The highest BCUT2D eigenvalue weighted by molar-refractivity contribution is 7.99. The fraction of sp³-hybridized carbons (Fsp3) is 0.500. The molecule has 0 aliphatic carbocycles. The Kier molecular flexibility index (Phi) is 5.71. The zero-order valence-corrected chi connectivity index (χ0v) is 9.83. The zero-order chi connectivity index (χ0) is 10.2. The van der Waals surface area contributed by atoms with Crippen molar-refractivity contribution < 1.29 is 9.53 Å². The predicted octanol–water partition coefficient (Wildman–Crippen LogP) is 3.18. The number of esters is 1. The Morgan fingerprint density at radius 2 is 2.50 bits per heavy atom. The summed E-state index contributed by atoms with van der Waals surface area (Å²) >= 11 is 3.49. The van der Waals surface area contributed by atoms with Gasteiger partial charge in [0.25, 0.3) is 0 Å². The summed E-state index contributed by atoms with van der Waals surface area (Å²) in [7, 11) is 0. The maximum atomic E-state index is 11.0. The average molecular weight is 230 g/mol. The van der Waals surface area contributed by atoms with Crippen LogP contribution in [0.4, 0.5) is 0 Å². The summed E-state index contributed by atoms with van der Waals surface area (Å²) in [6.07, 6.45) is 1.42. The first-order valence-electron chi connectivity index (χ1n) is 4.63. The first-order chi connectivity index (χ1) is 6.83. The van der Waals surface area contributed by atoms with Crippen molar-refractivity contribution in [1.29, 1.82) is 0 Å². The van der Waals surface area contributed by atoms with Gasteiger partial charge in [-0.2, -0.15) is 11.3 Å². The summed E-state index contributed by atoms with van der Waals surface area (Å²) in [6.45, 7) is 2.31. The Bertz CT molecular complexity index is 257. The summed E-state index contributed by atoms with van der Waals surface area (Å²) < 4.78 is 4.83. The number of hydrogen-bond donors (Lipinski definition) is 0. The summed E-state index contributed by atoms with van der Waals surface area (Å²) in [4.78, 5) is 12.3. The topological polar surface area (TPSA) is 26.3 Å². The fourth-order valence-electron chi connectivity index (χ4n) is 0.974. The largest absolute Gasteiger partial charge is 0.466 e. The molecule has 1 rings (SSSR count). The molecule has 0 bridgehead atoms. The van der Waals surface area contributed by atoms with Crippen LogP contribution >= 0.6 is 23.1 Å². The van der Waals surface area contributed by atoms with Gasteiger partial charge in [-0.1, -0.05) is 0 Å². The summed E-state index contributed by atoms with van der Waals surface area (Å²) in [5.41, 5.74) is 0. The average Bonchev–Trinajstić information content (AvgIpc) is 2.65. The standard InChI is InChI=1S/C10H14O2S2/c1-2-12-10(11)4-3-6-14-9-5-7-13-8-9/h5,7-8H,2-4,6H2,1H3. The van der Waals surface area contributed by atoms with Gasteiger partial charge >= 0.3 is 5.97 Å². The van der Waals surface area contributed by atoms with Gasteiger partial charge in [-0.05, 0) is 30.5 Å². The minimum Gasteiger partial charge on any atom is -0.466 e. The van der Waals surface area contributed by atoms with Crippen LogP contribution in [-0.4, -0.2) is 18.3 Å². The van der Waals surface area contributed by atoms with E-state index in [2.05, 4.69) is 16.8 Å². The Labute approximate surface area is 92.7 Å².